The Hall–Kier alpha value is -1.63. The fourth-order valence-electron chi connectivity index (χ4n) is 2.06. The fraction of sp³-hybridized carbons (Fsp3) is 0.417. The zero-order valence-electron chi connectivity index (χ0n) is 9.98. The van der Waals surface area contributed by atoms with Crippen LogP contribution in [0.3, 0.4) is 0 Å². The van der Waals surface area contributed by atoms with Crippen LogP contribution in [0.5, 0.6) is 0 Å². The number of quaternary nitrogens is 1. The molecule has 1 aliphatic rings. The average molecular weight is 251 g/mol. The number of amides is 1. The summed E-state index contributed by atoms with van der Waals surface area (Å²) in [7, 11) is 0. The van der Waals surface area contributed by atoms with Gasteiger partial charge in [0.25, 0.3) is 0 Å². The molecule has 1 amide bonds. The maximum Gasteiger partial charge on any atom is 0.242 e. The van der Waals surface area contributed by atoms with E-state index in [1.54, 1.807) is 18.2 Å². The van der Waals surface area contributed by atoms with Crippen LogP contribution >= 0.6 is 0 Å². The van der Waals surface area contributed by atoms with Gasteiger partial charge in [-0.15, -0.1) is 0 Å². The molecule has 1 aromatic rings. The second-order valence-corrected chi connectivity index (χ2v) is 4.33. The zero-order valence-corrected chi connectivity index (χ0v) is 9.98. The molecule has 1 heterocycles. The minimum absolute atomic E-state index is 0.0623. The van der Waals surface area contributed by atoms with E-state index in [0.29, 0.717) is 12.2 Å². The molecule has 1 fully saturated rings. The van der Waals surface area contributed by atoms with Crippen molar-refractivity contribution in [1.82, 2.24) is 5.32 Å². The van der Waals surface area contributed by atoms with Crippen LogP contribution in [0.25, 0.3) is 0 Å². The molecule has 2 unspecified atom stereocenters. The Kier molecular flexibility index (Phi) is 4.14. The highest BCUT2D eigenvalue weighted by Gasteiger charge is 2.22. The van der Waals surface area contributed by atoms with Gasteiger partial charge in [-0.05, 0) is 25.3 Å². The van der Waals surface area contributed by atoms with E-state index < -0.39 is 5.23 Å². The first-order valence-corrected chi connectivity index (χ1v) is 6.05. The van der Waals surface area contributed by atoms with Gasteiger partial charge in [0.1, 0.15) is 11.7 Å². The molecule has 0 spiro atoms. The van der Waals surface area contributed by atoms with E-state index in [1.807, 2.05) is 0 Å². The molecule has 0 bridgehead atoms. The van der Waals surface area contributed by atoms with E-state index in [0.717, 1.165) is 19.3 Å². The number of carbonyl (C=O) groups is 1. The number of anilines is 1. The van der Waals surface area contributed by atoms with Gasteiger partial charge in [0.2, 0.25) is 5.91 Å². The third-order valence-corrected chi connectivity index (χ3v) is 3.02. The van der Waals surface area contributed by atoms with Crippen LogP contribution in [0.4, 0.5) is 11.4 Å². The first-order chi connectivity index (χ1) is 8.68. The topological polar surface area (TPSA) is 88.9 Å². The lowest BCUT2D eigenvalue weighted by atomic mass is 10.1. The van der Waals surface area contributed by atoms with Crippen molar-refractivity contribution in [2.24, 2.45) is 0 Å². The number of hydrogen-bond acceptors (Lipinski definition) is 4. The first kappa shape index (κ1) is 12.8. The number of para-hydroxylation sites is 2. The summed E-state index contributed by atoms with van der Waals surface area (Å²) in [4.78, 5) is 11.8. The van der Waals surface area contributed by atoms with Gasteiger partial charge in [-0.25, -0.2) is 5.21 Å². The van der Waals surface area contributed by atoms with Gasteiger partial charge in [-0.1, -0.05) is 12.1 Å². The van der Waals surface area contributed by atoms with Crippen molar-refractivity contribution in [1.29, 1.82) is 0 Å². The monoisotopic (exact) mass is 251 g/mol. The zero-order chi connectivity index (χ0) is 13.0. The lowest BCUT2D eigenvalue weighted by Gasteiger charge is -2.20. The molecule has 1 aliphatic heterocycles. The highest BCUT2D eigenvalue weighted by Crippen LogP contribution is 2.19. The van der Waals surface area contributed by atoms with Crippen molar-refractivity contribution < 1.29 is 15.2 Å². The SMILES string of the molecule is O=C1NCCCCC1Nc1ccccc1[NH+]([O-])O. The summed E-state index contributed by atoms with van der Waals surface area (Å²) in [5.74, 6) is -0.0623. The third-order valence-electron chi connectivity index (χ3n) is 3.02. The molecule has 18 heavy (non-hydrogen) atoms. The highest BCUT2D eigenvalue weighted by molar-refractivity contribution is 5.85. The van der Waals surface area contributed by atoms with Gasteiger partial charge in [0.05, 0.1) is 0 Å². The van der Waals surface area contributed by atoms with Gasteiger partial charge in [-0.2, -0.15) is 5.23 Å². The van der Waals surface area contributed by atoms with Crippen molar-refractivity contribution >= 4 is 17.3 Å². The Morgan fingerprint density at radius 2 is 2.17 bits per heavy atom. The van der Waals surface area contributed by atoms with Crippen LogP contribution in [0, 0.1) is 5.21 Å². The second kappa shape index (κ2) is 5.81. The van der Waals surface area contributed by atoms with Gasteiger partial charge in [0, 0.05) is 12.6 Å². The Bertz CT molecular complexity index is 423. The summed E-state index contributed by atoms with van der Waals surface area (Å²) in [6, 6.07) is 6.28. The number of carbonyl (C=O) groups excluding carboxylic acids is 1. The quantitative estimate of drug-likeness (QED) is 0.577. The maximum atomic E-state index is 11.8. The van der Waals surface area contributed by atoms with Crippen LogP contribution < -0.4 is 15.9 Å². The van der Waals surface area contributed by atoms with E-state index in [9.17, 15) is 10.0 Å². The molecule has 0 radical (unpaired) electrons. The first-order valence-electron chi connectivity index (χ1n) is 6.05. The average Bonchev–Trinajstić information content (AvgIpc) is 2.55. The molecule has 1 saturated heterocycles. The predicted molar refractivity (Wildman–Crippen MR) is 66.5 cm³/mol. The molecule has 6 nitrogen and oxygen atoms in total. The minimum atomic E-state index is -0.993. The van der Waals surface area contributed by atoms with Crippen molar-refractivity contribution in [2.75, 3.05) is 11.9 Å². The number of hydrogen-bond donors (Lipinski definition) is 4. The van der Waals surface area contributed by atoms with Gasteiger partial charge < -0.3 is 15.8 Å². The fourth-order valence-corrected chi connectivity index (χ4v) is 2.06. The van der Waals surface area contributed by atoms with Gasteiger partial charge in [0.15, 0.2) is 5.69 Å². The molecule has 2 atom stereocenters. The predicted octanol–water partition coefficient (Wildman–Crippen LogP) is 0.171. The van der Waals surface area contributed by atoms with Crippen LogP contribution in [-0.4, -0.2) is 23.7 Å². The van der Waals surface area contributed by atoms with E-state index in [4.69, 9.17) is 5.21 Å². The number of rotatable bonds is 3. The summed E-state index contributed by atoms with van der Waals surface area (Å²) < 4.78 is 0. The molecule has 0 saturated carbocycles. The molecule has 0 aromatic heterocycles. The maximum absolute atomic E-state index is 11.8. The van der Waals surface area contributed by atoms with Crippen molar-refractivity contribution in [3.05, 3.63) is 29.5 Å². The molecule has 0 aliphatic carbocycles. The van der Waals surface area contributed by atoms with Crippen molar-refractivity contribution in [3.8, 4) is 0 Å². The van der Waals surface area contributed by atoms with Gasteiger partial charge >= 0.3 is 0 Å². The minimum Gasteiger partial charge on any atom is -0.595 e. The Morgan fingerprint density at radius 1 is 1.39 bits per heavy atom. The van der Waals surface area contributed by atoms with Crippen LogP contribution in [0.1, 0.15) is 19.3 Å². The molecule has 98 valence electrons. The lowest BCUT2D eigenvalue weighted by molar-refractivity contribution is -0.990. The van der Waals surface area contributed by atoms with Crippen LogP contribution in [-0.2, 0) is 4.79 Å². The normalized spacial score (nSPS) is 21.9. The molecular formula is C12H17N3O3. The molecular weight excluding hydrogens is 234 g/mol. The standard InChI is InChI=1S/C12H17N3O3/c16-12-10(6-3-4-8-13-12)14-9-5-1-2-7-11(9)15(17)18/h1-2,5,7,10,14-15,17H,3-4,6,8H2,(H,13,16). The molecule has 1 aromatic carbocycles. The second-order valence-electron chi connectivity index (χ2n) is 4.33. The largest absolute Gasteiger partial charge is 0.595 e. The smallest absolute Gasteiger partial charge is 0.242 e. The Morgan fingerprint density at radius 3 is 2.94 bits per heavy atom. The van der Waals surface area contributed by atoms with Crippen LogP contribution in [0.2, 0.25) is 0 Å². The van der Waals surface area contributed by atoms with E-state index >= 15 is 0 Å². The van der Waals surface area contributed by atoms with Crippen molar-refractivity contribution in [3.63, 3.8) is 0 Å². The highest BCUT2D eigenvalue weighted by atomic mass is 16.8. The summed E-state index contributed by atoms with van der Waals surface area (Å²) >= 11 is 0. The lowest BCUT2D eigenvalue weighted by Crippen LogP contribution is -2.99. The molecule has 4 N–H and O–H groups in total. The third kappa shape index (κ3) is 2.98. The van der Waals surface area contributed by atoms with Crippen molar-refractivity contribution in [2.45, 2.75) is 25.3 Å². The van der Waals surface area contributed by atoms with Gasteiger partial charge in [-0.3, -0.25) is 4.79 Å². The Labute approximate surface area is 105 Å². The van der Waals surface area contributed by atoms with E-state index in [2.05, 4.69) is 10.6 Å². The summed E-state index contributed by atoms with van der Waals surface area (Å²) in [5, 5.41) is 25.0. The number of nitrogens with one attached hydrogen (secondary N) is 3. The van der Waals surface area contributed by atoms with Crippen LogP contribution in [0.15, 0.2) is 24.3 Å². The number of benzene rings is 1. The summed E-state index contributed by atoms with van der Waals surface area (Å²) in [6.07, 6.45) is 2.63. The molecule has 2 rings (SSSR count). The summed E-state index contributed by atoms with van der Waals surface area (Å²) in [5.41, 5.74) is 0.682. The van der Waals surface area contributed by atoms with E-state index in [-0.39, 0.29) is 17.6 Å². The Balaban J connectivity index is 2.15. The molecule has 6 heteroatoms. The summed E-state index contributed by atoms with van der Waals surface area (Å²) in [6.45, 7) is 0.692. The van der Waals surface area contributed by atoms with E-state index in [1.165, 1.54) is 6.07 Å².